The lowest BCUT2D eigenvalue weighted by Crippen LogP contribution is -2.45. The highest BCUT2D eigenvalue weighted by molar-refractivity contribution is 5.73. The number of hydrogen-bond acceptors (Lipinski definition) is 3. The second-order valence-corrected chi connectivity index (χ2v) is 3.53. The van der Waals surface area contributed by atoms with Crippen molar-refractivity contribution in [3.05, 3.63) is 0 Å². The standard InChI is InChI=1S/C9H17NO4/c1-5(2)7(6(3)8(11)12)10-9(13)14-4/h5-7H,1-4H3,(H,10,13)(H,11,12). The molecule has 0 spiro atoms. The third-order valence-corrected chi connectivity index (χ3v) is 2.12. The number of aliphatic carboxylic acids is 1. The quantitative estimate of drug-likeness (QED) is 0.717. The van der Waals surface area contributed by atoms with Gasteiger partial charge in [0.1, 0.15) is 0 Å². The van der Waals surface area contributed by atoms with E-state index in [0.29, 0.717) is 0 Å². The molecule has 5 nitrogen and oxygen atoms in total. The van der Waals surface area contributed by atoms with Gasteiger partial charge in [0.25, 0.3) is 0 Å². The van der Waals surface area contributed by atoms with Crippen LogP contribution in [0.4, 0.5) is 4.79 Å². The largest absolute Gasteiger partial charge is 0.481 e. The van der Waals surface area contributed by atoms with E-state index in [1.165, 1.54) is 7.11 Å². The lowest BCUT2D eigenvalue weighted by atomic mass is 9.92. The molecule has 82 valence electrons. The van der Waals surface area contributed by atoms with Gasteiger partial charge in [0.2, 0.25) is 0 Å². The van der Waals surface area contributed by atoms with Crippen molar-refractivity contribution in [3.63, 3.8) is 0 Å². The maximum Gasteiger partial charge on any atom is 0.407 e. The molecule has 0 heterocycles. The van der Waals surface area contributed by atoms with Gasteiger partial charge in [-0.1, -0.05) is 13.8 Å². The van der Waals surface area contributed by atoms with Crippen LogP contribution in [-0.4, -0.2) is 30.3 Å². The molecule has 2 unspecified atom stereocenters. The van der Waals surface area contributed by atoms with Gasteiger partial charge in [-0.15, -0.1) is 0 Å². The minimum atomic E-state index is -0.930. The SMILES string of the molecule is COC(=O)NC(C(C)C)C(C)C(=O)O. The fourth-order valence-electron chi connectivity index (χ4n) is 1.22. The Kier molecular flexibility index (Phi) is 4.97. The average molecular weight is 203 g/mol. The Bertz CT molecular complexity index is 215. The zero-order valence-electron chi connectivity index (χ0n) is 8.90. The molecule has 0 aromatic carbocycles. The average Bonchev–Trinajstić information content (AvgIpc) is 2.11. The van der Waals surface area contributed by atoms with Gasteiger partial charge >= 0.3 is 12.1 Å². The summed E-state index contributed by atoms with van der Waals surface area (Å²) in [5, 5.41) is 11.3. The highest BCUT2D eigenvalue weighted by Crippen LogP contribution is 2.12. The first-order chi connectivity index (χ1) is 6.40. The van der Waals surface area contributed by atoms with Crippen LogP contribution in [0, 0.1) is 11.8 Å². The van der Waals surface area contributed by atoms with Crippen LogP contribution in [0.5, 0.6) is 0 Å². The van der Waals surface area contributed by atoms with E-state index in [2.05, 4.69) is 10.1 Å². The summed E-state index contributed by atoms with van der Waals surface area (Å²) >= 11 is 0. The Hall–Kier alpha value is -1.26. The molecule has 2 N–H and O–H groups in total. The van der Waals surface area contributed by atoms with Crippen LogP contribution in [0.2, 0.25) is 0 Å². The summed E-state index contributed by atoms with van der Waals surface area (Å²) in [6.07, 6.45) is -0.600. The fraction of sp³-hybridized carbons (Fsp3) is 0.778. The molecule has 14 heavy (non-hydrogen) atoms. The molecule has 0 saturated heterocycles. The van der Waals surface area contributed by atoms with Gasteiger partial charge in [-0.05, 0) is 12.8 Å². The van der Waals surface area contributed by atoms with Crippen LogP contribution >= 0.6 is 0 Å². The van der Waals surface area contributed by atoms with Crippen molar-refractivity contribution in [1.82, 2.24) is 5.32 Å². The summed E-state index contributed by atoms with van der Waals surface area (Å²) in [6.45, 7) is 5.25. The van der Waals surface area contributed by atoms with Crippen LogP contribution in [0.1, 0.15) is 20.8 Å². The van der Waals surface area contributed by atoms with E-state index in [9.17, 15) is 9.59 Å². The number of carboxylic acids is 1. The second kappa shape index (κ2) is 5.47. The summed E-state index contributed by atoms with van der Waals surface area (Å²) in [5.74, 6) is -1.52. The van der Waals surface area contributed by atoms with E-state index in [4.69, 9.17) is 5.11 Å². The zero-order valence-corrected chi connectivity index (χ0v) is 8.90. The highest BCUT2D eigenvalue weighted by atomic mass is 16.5. The van der Waals surface area contributed by atoms with Gasteiger partial charge in [0.15, 0.2) is 0 Å². The van der Waals surface area contributed by atoms with Crippen molar-refractivity contribution in [3.8, 4) is 0 Å². The number of alkyl carbamates (subject to hydrolysis) is 1. The van der Waals surface area contributed by atoms with Gasteiger partial charge in [-0.3, -0.25) is 4.79 Å². The summed E-state index contributed by atoms with van der Waals surface area (Å²) < 4.78 is 4.42. The maximum absolute atomic E-state index is 10.9. The molecule has 0 aliphatic rings. The molecule has 0 bridgehead atoms. The monoisotopic (exact) mass is 203 g/mol. The van der Waals surface area contributed by atoms with Crippen molar-refractivity contribution in [2.24, 2.45) is 11.8 Å². The zero-order chi connectivity index (χ0) is 11.3. The number of carboxylic acid groups (broad SMARTS) is 1. The Labute approximate surface area is 83.4 Å². The fourth-order valence-corrected chi connectivity index (χ4v) is 1.22. The van der Waals surface area contributed by atoms with Crippen molar-refractivity contribution in [1.29, 1.82) is 0 Å². The number of methoxy groups -OCH3 is 1. The maximum atomic E-state index is 10.9. The van der Waals surface area contributed by atoms with Crippen molar-refractivity contribution in [2.45, 2.75) is 26.8 Å². The summed E-state index contributed by atoms with van der Waals surface area (Å²) in [6, 6.07) is -0.417. The minimum absolute atomic E-state index is 0.0419. The van der Waals surface area contributed by atoms with Crippen molar-refractivity contribution < 1.29 is 19.4 Å². The van der Waals surface area contributed by atoms with Crippen LogP contribution in [-0.2, 0) is 9.53 Å². The Morgan fingerprint density at radius 1 is 1.29 bits per heavy atom. The van der Waals surface area contributed by atoms with Crippen LogP contribution in [0.15, 0.2) is 0 Å². The number of rotatable bonds is 4. The molecule has 0 radical (unpaired) electrons. The number of carbonyl (C=O) groups is 2. The minimum Gasteiger partial charge on any atom is -0.481 e. The van der Waals surface area contributed by atoms with Gasteiger partial charge in [-0.25, -0.2) is 4.79 Å². The van der Waals surface area contributed by atoms with E-state index >= 15 is 0 Å². The van der Waals surface area contributed by atoms with Crippen LogP contribution in [0.25, 0.3) is 0 Å². The predicted molar refractivity (Wildman–Crippen MR) is 51.0 cm³/mol. The van der Waals surface area contributed by atoms with E-state index in [1.807, 2.05) is 13.8 Å². The topological polar surface area (TPSA) is 75.6 Å². The van der Waals surface area contributed by atoms with E-state index in [1.54, 1.807) is 6.92 Å². The molecule has 2 atom stereocenters. The molecule has 0 aliphatic heterocycles. The van der Waals surface area contributed by atoms with Crippen molar-refractivity contribution >= 4 is 12.1 Å². The number of ether oxygens (including phenoxy) is 1. The van der Waals surface area contributed by atoms with Crippen LogP contribution < -0.4 is 5.32 Å². The molecule has 0 fully saturated rings. The lowest BCUT2D eigenvalue weighted by Gasteiger charge is -2.24. The Morgan fingerprint density at radius 2 is 1.79 bits per heavy atom. The third-order valence-electron chi connectivity index (χ3n) is 2.12. The third kappa shape index (κ3) is 3.64. The van der Waals surface area contributed by atoms with Crippen LogP contribution in [0.3, 0.4) is 0 Å². The molecule has 5 heteroatoms. The summed E-state index contributed by atoms with van der Waals surface area (Å²) in [5.41, 5.74) is 0. The van der Waals surface area contributed by atoms with Gasteiger partial charge in [-0.2, -0.15) is 0 Å². The Morgan fingerprint density at radius 3 is 2.07 bits per heavy atom. The molecule has 0 aromatic rings. The Balaban J connectivity index is 4.44. The normalized spacial score (nSPS) is 14.6. The van der Waals surface area contributed by atoms with Gasteiger partial charge < -0.3 is 15.2 Å². The smallest absolute Gasteiger partial charge is 0.407 e. The van der Waals surface area contributed by atoms with E-state index in [-0.39, 0.29) is 5.92 Å². The molecule has 0 aromatic heterocycles. The van der Waals surface area contributed by atoms with E-state index < -0.39 is 24.0 Å². The molecule has 1 amide bonds. The molecular weight excluding hydrogens is 186 g/mol. The van der Waals surface area contributed by atoms with E-state index in [0.717, 1.165) is 0 Å². The molecule has 0 aliphatic carbocycles. The molecular formula is C9H17NO4. The first-order valence-corrected chi connectivity index (χ1v) is 4.47. The number of carbonyl (C=O) groups excluding carboxylic acids is 1. The van der Waals surface area contributed by atoms with Crippen molar-refractivity contribution in [2.75, 3.05) is 7.11 Å². The highest BCUT2D eigenvalue weighted by Gasteiger charge is 2.27. The number of hydrogen-bond donors (Lipinski definition) is 2. The first kappa shape index (κ1) is 12.7. The summed E-state index contributed by atoms with van der Waals surface area (Å²) in [7, 11) is 1.25. The second-order valence-electron chi connectivity index (χ2n) is 3.53. The molecule has 0 rings (SSSR count). The number of amides is 1. The number of nitrogens with one attached hydrogen (secondary N) is 1. The lowest BCUT2D eigenvalue weighted by molar-refractivity contribution is -0.142. The predicted octanol–water partition coefficient (Wildman–Crippen LogP) is 1.09. The van der Waals surface area contributed by atoms with Gasteiger partial charge in [0, 0.05) is 6.04 Å². The summed E-state index contributed by atoms with van der Waals surface area (Å²) in [4.78, 5) is 21.7. The van der Waals surface area contributed by atoms with Gasteiger partial charge in [0.05, 0.1) is 13.0 Å². The first-order valence-electron chi connectivity index (χ1n) is 4.47. The molecule has 0 saturated carbocycles.